The molecule has 3 aromatic heterocycles. The van der Waals surface area contributed by atoms with Crippen LogP contribution in [0.1, 0.15) is 16.8 Å². The number of piperidine rings is 1. The molecule has 33 heavy (non-hydrogen) atoms. The minimum Gasteiger partial charge on any atom is -0.361 e. The molecule has 0 spiro atoms. The lowest BCUT2D eigenvalue weighted by Gasteiger charge is -2.28. The van der Waals surface area contributed by atoms with Gasteiger partial charge < -0.3 is 16.0 Å². The molecule has 2 atom stereocenters. The van der Waals surface area contributed by atoms with Crippen LogP contribution in [0.5, 0.6) is 0 Å². The first-order valence-corrected chi connectivity index (χ1v) is 9.92. The summed E-state index contributed by atoms with van der Waals surface area (Å²) in [6.07, 6.45) is -3.04. The number of alkyl halides is 4. The smallest absolute Gasteiger partial charge is 0.361 e. The summed E-state index contributed by atoms with van der Waals surface area (Å²) < 4.78 is 81.3. The van der Waals surface area contributed by atoms with E-state index in [1.807, 2.05) is 0 Å². The maximum Gasteiger partial charge on any atom is 0.405 e. The highest BCUT2D eigenvalue weighted by molar-refractivity contribution is 5.95. The number of nitrogens with one attached hydrogen (secondary N) is 3. The van der Waals surface area contributed by atoms with Crippen LogP contribution in [0.4, 0.5) is 32.2 Å². The van der Waals surface area contributed by atoms with Gasteiger partial charge in [-0.05, 0) is 25.1 Å². The molecule has 3 aromatic rings. The van der Waals surface area contributed by atoms with Crippen LogP contribution in [-0.4, -0.2) is 58.3 Å². The van der Waals surface area contributed by atoms with E-state index in [0.717, 1.165) is 0 Å². The van der Waals surface area contributed by atoms with E-state index in [9.17, 15) is 31.1 Å². The summed E-state index contributed by atoms with van der Waals surface area (Å²) in [4.78, 5) is 20.0. The molecule has 0 aliphatic carbocycles. The molecule has 1 aliphatic heterocycles. The molecule has 0 bridgehead atoms. The first-order valence-electron chi connectivity index (χ1n) is 9.92. The maximum atomic E-state index is 14.6. The number of hydrogen-bond donors (Lipinski definition) is 3. The van der Waals surface area contributed by atoms with E-state index >= 15 is 0 Å². The summed E-state index contributed by atoms with van der Waals surface area (Å²) in [5.74, 6) is -3.28. The van der Waals surface area contributed by atoms with Crippen molar-refractivity contribution in [1.29, 1.82) is 0 Å². The molecule has 0 radical (unpaired) electrons. The van der Waals surface area contributed by atoms with Gasteiger partial charge in [0.2, 0.25) is 0 Å². The predicted molar refractivity (Wildman–Crippen MR) is 107 cm³/mol. The molecule has 176 valence electrons. The normalized spacial score (nSPS) is 19.0. The van der Waals surface area contributed by atoms with Crippen molar-refractivity contribution in [1.82, 2.24) is 25.0 Å². The van der Waals surface area contributed by atoms with Crippen LogP contribution in [0.25, 0.3) is 17.0 Å². The number of pyridine rings is 2. The number of imidazole rings is 1. The second-order valence-electron chi connectivity index (χ2n) is 7.49. The Hall–Kier alpha value is -3.35. The Morgan fingerprint density at radius 3 is 2.76 bits per heavy atom. The second-order valence-corrected chi connectivity index (χ2v) is 7.49. The number of aromatic nitrogens is 3. The zero-order valence-corrected chi connectivity index (χ0v) is 16.9. The van der Waals surface area contributed by atoms with Crippen molar-refractivity contribution in [3.05, 3.63) is 47.8 Å². The van der Waals surface area contributed by atoms with Crippen molar-refractivity contribution in [3.8, 4) is 11.4 Å². The van der Waals surface area contributed by atoms with Crippen LogP contribution in [0, 0.1) is 11.6 Å². The Bertz CT molecular complexity index is 1180. The van der Waals surface area contributed by atoms with E-state index in [2.05, 4.69) is 20.6 Å². The quantitative estimate of drug-likeness (QED) is 0.498. The van der Waals surface area contributed by atoms with Gasteiger partial charge in [-0.1, -0.05) is 0 Å². The molecule has 4 heterocycles. The minimum atomic E-state index is -4.56. The largest absolute Gasteiger partial charge is 0.405 e. The number of halogens is 6. The average Bonchev–Trinajstić information content (AvgIpc) is 3.18. The fraction of sp³-hybridized carbons (Fsp3) is 0.350. The van der Waals surface area contributed by atoms with Crippen LogP contribution >= 0.6 is 0 Å². The summed E-state index contributed by atoms with van der Waals surface area (Å²) in [5, 5.41) is 7.39. The number of anilines is 1. The molecular formula is C20H18F6N6O. The topological polar surface area (TPSA) is 83.4 Å². The van der Waals surface area contributed by atoms with Gasteiger partial charge in [0, 0.05) is 24.4 Å². The van der Waals surface area contributed by atoms with E-state index in [-0.39, 0.29) is 41.4 Å². The Morgan fingerprint density at radius 2 is 2.03 bits per heavy atom. The summed E-state index contributed by atoms with van der Waals surface area (Å²) in [5.41, 5.74) is -0.131. The first-order chi connectivity index (χ1) is 15.6. The summed E-state index contributed by atoms with van der Waals surface area (Å²) in [6.45, 7) is -0.765. The average molecular weight is 472 g/mol. The number of nitrogens with zero attached hydrogens (tertiary/aromatic N) is 3. The third-order valence-corrected chi connectivity index (χ3v) is 5.12. The summed E-state index contributed by atoms with van der Waals surface area (Å²) in [7, 11) is 0. The molecule has 2 unspecified atom stereocenters. The highest BCUT2D eigenvalue weighted by Gasteiger charge is 2.28. The van der Waals surface area contributed by atoms with E-state index in [0.29, 0.717) is 12.6 Å². The van der Waals surface area contributed by atoms with Crippen molar-refractivity contribution in [3.63, 3.8) is 0 Å². The predicted octanol–water partition coefficient (Wildman–Crippen LogP) is 3.08. The SMILES string of the molecule is O=C(NCC(F)(F)F)c1ccn2c(-c3nc(NC4CNCCC4F)c(F)cc3F)cnc2c1. The molecule has 0 aromatic carbocycles. The van der Waals surface area contributed by atoms with Crippen molar-refractivity contribution in [2.24, 2.45) is 0 Å². The monoisotopic (exact) mass is 472 g/mol. The van der Waals surface area contributed by atoms with E-state index in [1.165, 1.54) is 28.9 Å². The molecule has 4 rings (SSSR count). The zero-order valence-electron chi connectivity index (χ0n) is 16.9. The van der Waals surface area contributed by atoms with Gasteiger partial charge in [0.05, 0.1) is 17.9 Å². The Kier molecular flexibility index (Phi) is 6.15. The van der Waals surface area contributed by atoms with E-state index in [1.54, 1.807) is 5.32 Å². The van der Waals surface area contributed by atoms with Gasteiger partial charge in [-0.3, -0.25) is 9.20 Å². The lowest BCUT2D eigenvalue weighted by Crippen LogP contribution is -2.46. The van der Waals surface area contributed by atoms with E-state index in [4.69, 9.17) is 0 Å². The Labute approximate surface area is 183 Å². The fourth-order valence-corrected chi connectivity index (χ4v) is 3.47. The van der Waals surface area contributed by atoms with Gasteiger partial charge in [0.1, 0.15) is 24.1 Å². The summed E-state index contributed by atoms with van der Waals surface area (Å²) in [6, 6.07) is 2.31. The van der Waals surface area contributed by atoms with Gasteiger partial charge >= 0.3 is 6.18 Å². The second kappa shape index (κ2) is 8.89. The van der Waals surface area contributed by atoms with E-state index < -0.39 is 42.5 Å². The van der Waals surface area contributed by atoms with Gasteiger partial charge in [-0.2, -0.15) is 13.2 Å². The molecule has 1 saturated heterocycles. The van der Waals surface area contributed by atoms with Crippen LogP contribution in [0.3, 0.4) is 0 Å². The third kappa shape index (κ3) is 5.02. The van der Waals surface area contributed by atoms with Crippen LogP contribution < -0.4 is 16.0 Å². The molecule has 1 aliphatic rings. The van der Waals surface area contributed by atoms with Gasteiger partial charge in [-0.15, -0.1) is 0 Å². The number of hydrogen-bond acceptors (Lipinski definition) is 5. The number of carbonyl (C=O) groups excluding carboxylic acids is 1. The minimum absolute atomic E-state index is 0.0856. The lowest BCUT2D eigenvalue weighted by molar-refractivity contribution is -0.123. The molecule has 1 fully saturated rings. The maximum absolute atomic E-state index is 14.6. The number of rotatable bonds is 5. The molecule has 0 saturated carbocycles. The van der Waals surface area contributed by atoms with Gasteiger partial charge in [0.25, 0.3) is 5.91 Å². The molecule has 1 amide bonds. The fourth-order valence-electron chi connectivity index (χ4n) is 3.47. The molecular weight excluding hydrogens is 454 g/mol. The van der Waals surface area contributed by atoms with Crippen LogP contribution in [0.2, 0.25) is 0 Å². The highest BCUT2D eigenvalue weighted by atomic mass is 19.4. The third-order valence-electron chi connectivity index (χ3n) is 5.12. The van der Waals surface area contributed by atoms with Gasteiger partial charge in [-0.25, -0.2) is 23.1 Å². The highest BCUT2D eigenvalue weighted by Crippen LogP contribution is 2.27. The summed E-state index contributed by atoms with van der Waals surface area (Å²) >= 11 is 0. The molecule has 7 nitrogen and oxygen atoms in total. The van der Waals surface area contributed by atoms with Crippen LogP contribution in [-0.2, 0) is 0 Å². The standard InChI is InChI=1S/C20H18F6N6O/c21-11-1-3-27-7-14(11)30-18-13(23)6-12(22)17(31-18)15-8-28-16-5-10(2-4-32(15)16)19(33)29-9-20(24,25)26/h2,4-6,8,11,14,27H,1,3,7,9H2,(H,29,33)(H,30,31). The zero-order chi connectivity index (χ0) is 23.8. The first kappa shape index (κ1) is 22.8. The van der Waals surface area contributed by atoms with Crippen molar-refractivity contribution in [2.75, 3.05) is 25.0 Å². The number of amides is 1. The van der Waals surface area contributed by atoms with Crippen molar-refractivity contribution >= 4 is 17.4 Å². The Balaban J connectivity index is 1.62. The van der Waals surface area contributed by atoms with Gasteiger partial charge in [0.15, 0.2) is 17.5 Å². The molecule has 13 heteroatoms. The molecule has 3 N–H and O–H groups in total. The van der Waals surface area contributed by atoms with Crippen molar-refractivity contribution in [2.45, 2.75) is 24.8 Å². The van der Waals surface area contributed by atoms with Crippen LogP contribution in [0.15, 0.2) is 30.6 Å². The lowest BCUT2D eigenvalue weighted by atomic mass is 10.1. The number of fused-ring (bicyclic) bond motifs is 1. The number of carbonyl (C=O) groups is 1. The van der Waals surface area contributed by atoms with Crippen molar-refractivity contribution < 1.29 is 31.1 Å². The Morgan fingerprint density at radius 1 is 1.24 bits per heavy atom.